The molecule has 1 fully saturated rings. The van der Waals surface area contributed by atoms with E-state index < -0.39 is 0 Å². The van der Waals surface area contributed by atoms with Crippen molar-refractivity contribution in [2.24, 2.45) is 11.1 Å². The number of likely N-dealkylation sites (tertiary alicyclic amines) is 1. The van der Waals surface area contributed by atoms with Crippen molar-refractivity contribution >= 4 is 5.91 Å². The molecule has 1 aromatic rings. The van der Waals surface area contributed by atoms with Crippen LogP contribution in [-0.4, -0.2) is 23.9 Å². The van der Waals surface area contributed by atoms with Crippen LogP contribution in [0.15, 0.2) is 30.3 Å². The predicted molar refractivity (Wildman–Crippen MR) is 82.2 cm³/mol. The largest absolute Gasteiger partial charge is 0.343 e. The van der Waals surface area contributed by atoms with Crippen LogP contribution < -0.4 is 5.73 Å². The van der Waals surface area contributed by atoms with Crippen molar-refractivity contribution in [1.29, 1.82) is 0 Å². The molecule has 20 heavy (non-hydrogen) atoms. The van der Waals surface area contributed by atoms with Crippen LogP contribution in [0, 0.1) is 5.41 Å². The minimum Gasteiger partial charge on any atom is -0.343 e. The molecular formula is C17H26N2O. The number of amides is 1. The van der Waals surface area contributed by atoms with Gasteiger partial charge in [-0.1, -0.05) is 50.6 Å². The number of carbonyl (C=O) groups is 1. The van der Waals surface area contributed by atoms with E-state index in [4.69, 9.17) is 5.73 Å². The van der Waals surface area contributed by atoms with Crippen LogP contribution in [0.1, 0.15) is 51.1 Å². The maximum absolute atomic E-state index is 12.3. The molecule has 110 valence electrons. The number of piperidine rings is 1. The van der Waals surface area contributed by atoms with Gasteiger partial charge in [0.2, 0.25) is 5.91 Å². The van der Waals surface area contributed by atoms with Gasteiger partial charge in [-0.25, -0.2) is 0 Å². The van der Waals surface area contributed by atoms with Gasteiger partial charge in [-0.3, -0.25) is 4.79 Å². The van der Waals surface area contributed by atoms with E-state index >= 15 is 0 Å². The number of benzene rings is 1. The van der Waals surface area contributed by atoms with E-state index in [0.717, 1.165) is 31.5 Å². The fourth-order valence-corrected chi connectivity index (χ4v) is 2.78. The Morgan fingerprint density at radius 2 is 1.90 bits per heavy atom. The number of nitrogens with zero attached hydrogens (tertiary/aromatic N) is 1. The SMILES string of the molecule is CCC1(C)CCN(C(=O)CC(N)c2ccccc2)CC1. The predicted octanol–water partition coefficient (Wildman–Crippen LogP) is 3.12. The summed E-state index contributed by atoms with van der Waals surface area (Å²) in [5, 5.41) is 0. The van der Waals surface area contributed by atoms with E-state index in [0.29, 0.717) is 11.8 Å². The zero-order valence-electron chi connectivity index (χ0n) is 12.6. The maximum Gasteiger partial charge on any atom is 0.224 e. The third-order valence-corrected chi connectivity index (χ3v) is 4.80. The summed E-state index contributed by atoms with van der Waals surface area (Å²) in [4.78, 5) is 14.3. The van der Waals surface area contributed by atoms with Gasteiger partial charge in [0.25, 0.3) is 0 Å². The van der Waals surface area contributed by atoms with Crippen LogP contribution in [0.5, 0.6) is 0 Å². The second kappa shape index (κ2) is 6.40. The Hall–Kier alpha value is -1.35. The van der Waals surface area contributed by atoms with Gasteiger partial charge >= 0.3 is 0 Å². The number of nitrogens with two attached hydrogens (primary N) is 1. The molecule has 1 atom stereocenters. The van der Waals surface area contributed by atoms with Crippen molar-refractivity contribution in [1.82, 2.24) is 4.90 Å². The first-order chi connectivity index (χ1) is 9.54. The average molecular weight is 274 g/mol. The first-order valence-corrected chi connectivity index (χ1v) is 7.62. The van der Waals surface area contributed by atoms with Gasteiger partial charge in [0.15, 0.2) is 0 Å². The Kier molecular flexibility index (Phi) is 4.81. The van der Waals surface area contributed by atoms with E-state index in [1.165, 1.54) is 6.42 Å². The van der Waals surface area contributed by atoms with Gasteiger partial charge in [0, 0.05) is 25.6 Å². The lowest BCUT2D eigenvalue weighted by Gasteiger charge is -2.39. The summed E-state index contributed by atoms with van der Waals surface area (Å²) >= 11 is 0. The molecule has 1 unspecified atom stereocenters. The highest BCUT2D eigenvalue weighted by Crippen LogP contribution is 2.34. The van der Waals surface area contributed by atoms with Gasteiger partial charge in [0.05, 0.1) is 0 Å². The Labute approximate surface area is 122 Å². The molecule has 1 amide bonds. The molecule has 1 aliphatic rings. The third-order valence-electron chi connectivity index (χ3n) is 4.80. The standard InChI is InChI=1S/C17H26N2O/c1-3-17(2)9-11-19(12-10-17)16(20)13-15(18)14-7-5-4-6-8-14/h4-8,15H,3,9-13,18H2,1-2H3. The summed E-state index contributed by atoms with van der Waals surface area (Å²) in [6, 6.07) is 9.68. The molecule has 3 heteroatoms. The Morgan fingerprint density at radius 3 is 2.45 bits per heavy atom. The second-order valence-electron chi connectivity index (χ2n) is 6.27. The molecule has 0 aliphatic carbocycles. The van der Waals surface area contributed by atoms with Crippen LogP contribution >= 0.6 is 0 Å². The molecule has 1 aromatic carbocycles. The van der Waals surface area contributed by atoms with Crippen LogP contribution in [0.25, 0.3) is 0 Å². The van der Waals surface area contributed by atoms with E-state index in [2.05, 4.69) is 13.8 Å². The summed E-state index contributed by atoms with van der Waals surface area (Å²) in [7, 11) is 0. The molecule has 2 N–H and O–H groups in total. The third kappa shape index (κ3) is 3.60. The van der Waals surface area contributed by atoms with Crippen LogP contribution in [0.3, 0.4) is 0 Å². The number of carbonyl (C=O) groups excluding carboxylic acids is 1. The second-order valence-corrected chi connectivity index (χ2v) is 6.27. The highest BCUT2D eigenvalue weighted by Gasteiger charge is 2.30. The smallest absolute Gasteiger partial charge is 0.224 e. The summed E-state index contributed by atoms with van der Waals surface area (Å²) in [6.45, 7) is 6.32. The molecule has 1 aliphatic heterocycles. The lowest BCUT2D eigenvalue weighted by molar-refractivity contribution is -0.133. The van der Waals surface area contributed by atoms with Crippen molar-refractivity contribution in [3.63, 3.8) is 0 Å². The first kappa shape index (κ1) is 15.0. The van der Waals surface area contributed by atoms with Crippen molar-refractivity contribution in [2.75, 3.05) is 13.1 Å². The van der Waals surface area contributed by atoms with Crippen molar-refractivity contribution in [3.8, 4) is 0 Å². The Balaban J connectivity index is 1.87. The van der Waals surface area contributed by atoms with E-state index in [9.17, 15) is 4.79 Å². The fraction of sp³-hybridized carbons (Fsp3) is 0.588. The topological polar surface area (TPSA) is 46.3 Å². The molecule has 0 saturated carbocycles. The lowest BCUT2D eigenvalue weighted by Crippen LogP contribution is -2.42. The maximum atomic E-state index is 12.3. The highest BCUT2D eigenvalue weighted by molar-refractivity contribution is 5.77. The van der Waals surface area contributed by atoms with Gasteiger partial charge in [-0.2, -0.15) is 0 Å². The zero-order chi connectivity index (χ0) is 14.6. The summed E-state index contributed by atoms with van der Waals surface area (Å²) in [5.41, 5.74) is 7.59. The van der Waals surface area contributed by atoms with Gasteiger partial charge in [0.1, 0.15) is 0 Å². The van der Waals surface area contributed by atoms with Gasteiger partial charge < -0.3 is 10.6 Å². The average Bonchev–Trinajstić information content (AvgIpc) is 2.48. The van der Waals surface area contributed by atoms with Crippen molar-refractivity contribution in [3.05, 3.63) is 35.9 Å². The summed E-state index contributed by atoms with van der Waals surface area (Å²) < 4.78 is 0. The van der Waals surface area contributed by atoms with E-state index in [1.54, 1.807) is 0 Å². The monoisotopic (exact) mass is 274 g/mol. The van der Waals surface area contributed by atoms with Gasteiger partial charge in [-0.05, 0) is 23.8 Å². The Bertz CT molecular complexity index is 436. The van der Waals surface area contributed by atoms with Crippen LogP contribution in [-0.2, 0) is 4.79 Å². The Morgan fingerprint density at radius 1 is 1.30 bits per heavy atom. The molecule has 0 radical (unpaired) electrons. The molecule has 0 spiro atoms. The summed E-state index contributed by atoms with van der Waals surface area (Å²) in [6.07, 6.45) is 3.82. The normalized spacial score (nSPS) is 19.6. The zero-order valence-corrected chi connectivity index (χ0v) is 12.6. The molecular weight excluding hydrogens is 248 g/mol. The molecule has 3 nitrogen and oxygen atoms in total. The number of hydrogen-bond donors (Lipinski definition) is 1. The van der Waals surface area contributed by atoms with Crippen LogP contribution in [0.2, 0.25) is 0 Å². The van der Waals surface area contributed by atoms with Gasteiger partial charge in [-0.15, -0.1) is 0 Å². The highest BCUT2D eigenvalue weighted by atomic mass is 16.2. The van der Waals surface area contributed by atoms with E-state index in [1.807, 2.05) is 35.2 Å². The molecule has 2 rings (SSSR count). The van der Waals surface area contributed by atoms with E-state index in [-0.39, 0.29) is 11.9 Å². The quantitative estimate of drug-likeness (QED) is 0.917. The number of hydrogen-bond acceptors (Lipinski definition) is 2. The minimum absolute atomic E-state index is 0.191. The first-order valence-electron chi connectivity index (χ1n) is 7.62. The van der Waals surface area contributed by atoms with Crippen LogP contribution in [0.4, 0.5) is 0 Å². The molecule has 0 aromatic heterocycles. The molecule has 1 heterocycles. The summed E-state index contributed by atoms with van der Waals surface area (Å²) in [5.74, 6) is 0.194. The number of rotatable bonds is 4. The molecule has 0 bridgehead atoms. The van der Waals surface area contributed by atoms with Crippen molar-refractivity contribution < 1.29 is 4.79 Å². The molecule has 1 saturated heterocycles. The minimum atomic E-state index is -0.191. The fourth-order valence-electron chi connectivity index (χ4n) is 2.78. The van der Waals surface area contributed by atoms with Crippen molar-refractivity contribution in [2.45, 2.75) is 45.6 Å². The lowest BCUT2D eigenvalue weighted by atomic mass is 9.78.